The maximum Gasteiger partial charge on any atom is 0.264 e. The van der Waals surface area contributed by atoms with Gasteiger partial charge >= 0.3 is 0 Å². The summed E-state index contributed by atoms with van der Waals surface area (Å²) in [7, 11) is -3.66. The number of hydrogen-bond acceptors (Lipinski definition) is 4. The summed E-state index contributed by atoms with van der Waals surface area (Å²) in [5.74, 6) is -0.0950. The Hall–Kier alpha value is -2.38. The molecule has 4 rings (SSSR count). The first-order valence-electron chi connectivity index (χ1n) is 9.58. The van der Waals surface area contributed by atoms with Gasteiger partial charge in [0.25, 0.3) is 15.9 Å². The minimum atomic E-state index is -3.66. The maximum atomic E-state index is 13.2. The summed E-state index contributed by atoms with van der Waals surface area (Å²) in [5, 5.41) is 0. The van der Waals surface area contributed by atoms with Gasteiger partial charge in [0.15, 0.2) is 0 Å². The number of sulfonamides is 1. The van der Waals surface area contributed by atoms with E-state index in [4.69, 9.17) is 4.74 Å². The number of carbonyl (C=O) groups excluding carboxylic acids is 1. The molecule has 148 valence electrons. The van der Waals surface area contributed by atoms with Crippen LogP contribution < -0.4 is 4.31 Å². The Morgan fingerprint density at radius 2 is 1.82 bits per heavy atom. The van der Waals surface area contributed by atoms with Crippen molar-refractivity contribution in [2.24, 2.45) is 0 Å². The summed E-state index contributed by atoms with van der Waals surface area (Å²) in [6, 6.07) is 13.9. The summed E-state index contributed by atoms with van der Waals surface area (Å²) in [6.07, 6.45) is 1.69. The summed E-state index contributed by atoms with van der Waals surface area (Å²) >= 11 is 0. The number of aryl methyl sites for hydroxylation is 1. The lowest BCUT2D eigenvalue weighted by Crippen LogP contribution is -2.44. The van der Waals surface area contributed by atoms with Crippen LogP contribution in [0.4, 0.5) is 5.69 Å². The van der Waals surface area contributed by atoms with Gasteiger partial charge in [-0.2, -0.15) is 0 Å². The Balaban J connectivity index is 1.58. The molecule has 7 heteroatoms. The topological polar surface area (TPSA) is 66.9 Å². The third kappa shape index (κ3) is 3.52. The molecule has 0 bridgehead atoms. The second kappa shape index (κ2) is 7.56. The standard InChI is InChI=1S/C21H24N2O4S/c1-16-15-22(13-14-27-16)21(24)18-8-10-19(11-9-18)28(25,26)23-12-4-6-17-5-2-3-7-20(17)23/h2-3,5,7-11,16H,4,6,12-15H2,1H3. The number of fused-ring (bicyclic) bond motifs is 1. The number of anilines is 1. The van der Waals surface area contributed by atoms with Crippen LogP contribution in [-0.4, -0.2) is 51.6 Å². The molecule has 28 heavy (non-hydrogen) atoms. The fourth-order valence-electron chi connectivity index (χ4n) is 3.83. The predicted molar refractivity (Wildman–Crippen MR) is 107 cm³/mol. The van der Waals surface area contributed by atoms with Crippen molar-refractivity contribution >= 4 is 21.6 Å². The highest BCUT2D eigenvalue weighted by Crippen LogP contribution is 2.31. The zero-order chi connectivity index (χ0) is 19.7. The molecule has 0 radical (unpaired) electrons. The molecule has 2 aliphatic rings. The predicted octanol–water partition coefficient (Wildman–Crippen LogP) is 2.69. The van der Waals surface area contributed by atoms with Gasteiger partial charge in [-0.3, -0.25) is 9.10 Å². The molecule has 2 aromatic carbocycles. The van der Waals surface area contributed by atoms with Crippen molar-refractivity contribution in [2.45, 2.75) is 30.8 Å². The Kier molecular flexibility index (Phi) is 5.12. The van der Waals surface area contributed by atoms with Crippen LogP contribution in [0.15, 0.2) is 53.4 Å². The minimum absolute atomic E-state index is 0.0107. The molecule has 1 saturated heterocycles. The number of hydrogen-bond donors (Lipinski definition) is 0. The number of para-hydroxylation sites is 1. The van der Waals surface area contributed by atoms with Gasteiger partial charge in [-0.15, -0.1) is 0 Å². The SMILES string of the molecule is CC1CN(C(=O)c2ccc(S(=O)(=O)N3CCCc4ccccc43)cc2)CCO1. The molecule has 2 heterocycles. The number of amides is 1. The molecule has 1 amide bonds. The highest BCUT2D eigenvalue weighted by atomic mass is 32.2. The molecular weight excluding hydrogens is 376 g/mol. The fourth-order valence-corrected chi connectivity index (χ4v) is 5.37. The average molecular weight is 401 g/mol. The molecule has 0 N–H and O–H groups in total. The van der Waals surface area contributed by atoms with Gasteiger partial charge in [0.1, 0.15) is 0 Å². The summed E-state index contributed by atoms with van der Waals surface area (Å²) in [6.45, 7) is 4.02. The van der Waals surface area contributed by atoms with Gasteiger partial charge in [0.2, 0.25) is 0 Å². The third-order valence-electron chi connectivity index (χ3n) is 5.29. The Morgan fingerprint density at radius 3 is 2.57 bits per heavy atom. The molecule has 1 unspecified atom stereocenters. The van der Waals surface area contributed by atoms with Gasteiger partial charge in [0.05, 0.1) is 23.3 Å². The number of ether oxygens (including phenoxy) is 1. The number of morpholine rings is 1. The van der Waals surface area contributed by atoms with Crippen molar-refractivity contribution in [3.05, 3.63) is 59.7 Å². The van der Waals surface area contributed by atoms with Crippen molar-refractivity contribution in [1.29, 1.82) is 0 Å². The monoisotopic (exact) mass is 400 g/mol. The lowest BCUT2D eigenvalue weighted by Gasteiger charge is -2.31. The van der Waals surface area contributed by atoms with E-state index in [1.165, 1.54) is 16.4 Å². The van der Waals surface area contributed by atoms with Gasteiger partial charge in [-0.25, -0.2) is 8.42 Å². The van der Waals surface area contributed by atoms with E-state index in [2.05, 4.69) is 0 Å². The molecule has 0 saturated carbocycles. The van der Waals surface area contributed by atoms with Crippen LogP contribution in [0.2, 0.25) is 0 Å². The number of carbonyl (C=O) groups is 1. The van der Waals surface area contributed by atoms with Gasteiger partial charge < -0.3 is 9.64 Å². The zero-order valence-corrected chi connectivity index (χ0v) is 16.7. The molecule has 2 aromatic rings. The van der Waals surface area contributed by atoms with E-state index in [0.717, 1.165) is 24.1 Å². The molecule has 1 fully saturated rings. The molecule has 0 spiro atoms. The zero-order valence-electron chi connectivity index (χ0n) is 15.9. The summed E-state index contributed by atoms with van der Waals surface area (Å²) in [5.41, 5.74) is 2.29. The Labute approximate surface area is 165 Å². The van der Waals surface area contributed by atoms with Gasteiger partial charge in [0, 0.05) is 25.2 Å². The smallest absolute Gasteiger partial charge is 0.264 e. The number of rotatable bonds is 3. The normalized spacial score (nSPS) is 20.0. The van der Waals surface area contributed by atoms with Crippen LogP contribution >= 0.6 is 0 Å². The van der Waals surface area contributed by atoms with Crippen molar-refractivity contribution in [1.82, 2.24) is 4.90 Å². The quantitative estimate of drug-likeness (QED) is 0.795. The van der Waals surface area contributed by atoms with Gasteiger partial charge in [-0.1, -0.05) is 18.2 Å². The van der Waals surface area contributed by atoms with E-state index in [1.807, 2.05) is 31.2 Å². The van der Waals surface area contributed by atoms with E-state index in [-0.39, 0.29) is 16.9 Å². The molecule has 0 aromatic heterocycles. The van der Waals surface area contributed by atoms with Crippen LogP contribution in [0.25, 0.3) is 0 Å². The first-order chi connectivity index (χ1) is 13.5. The molecule has 6 nitrogen and oxygen atoms in total. The summed E-state index contributed by atoms with van der Waals surface area (Å²) in [4.78, 5) is 14.6. The first kappa shape index (κ1) is 19.0. The van der Waals surface area contributed by atoms with E-state index in [0.29, 0.717) is 31.8 Å². The van der Waals surface area contributed by atoms with E-state index >= 15 is 0 Å². The number of benzene rings is 2. The van der Waals surface area contributed by atoms with Crippen LogP contribution in [0.1, 0.15) is 29.3 Å². The summed E-state index contributed by atoms with van der Waals surface area (Å²) < 4.78 is 33.3. The highest BCUT2D eigenvalue weighted by molar-refractivity contribution is 7.92. The number of nitrogens with zero attached hydrogens (tertiary/aromatic N) is 2. The van der Waals surface area contributed by atoms with E-state index in [9.17, 15) is 13.2 Å². The highest BCUT2D eigenvalue weighted by Gasteiger charge is 2.29. The second-order valence-corrected chi connectivity index (χ2v) is 9.13. The minimum Gasteiger partial charge on any atom is -0.375 e. The average Bonchev–Trinajstić information content (AvgIpc) is 2.73. The van der Waals surface area contributed by atoms with Crippen LogP contribution in [-0.2, 0) is 21.2 Å². The van der Waals surface area contributed by atoms with Crippen molar-refractivity contribution in [3.63, 3.8) is 0 Å². The lowest BCUT2D eigenvalue weighted by molar-refractivity contribution is -0.0124. The van der Waals surface area contributed by atoms with Crippen molar-refractivity contribution in [2.75, 3.05) is 30.5 Å². The molecule has 1 atom stereocenters. The largest absolute Gasteiger partial charge is 0.375 e. The lowest BCUT2D eigenvalue weighted by atomic mass is 10.0. The Morgan fingerprint density at radius 1 is 1.07 bits per heavy atom. The van der Waals surface area contributed by atoms with Gasteiger partial charge in [-0.05, 0) is 55.7 Å². The molecule has 0 aliphatic carbocycles. The van der Waals surface area contributed by atoms with E-state index in [1.54, 1.807) is 17.0 Å². The second-order valence-electron chi connectivity index (χ2n) is 7.27. The first-order valence-corrected chi connectivity index (χ1v) is 11.0. The van der Waals surface area contributed by atoms with Crippen LogP contribution in [0.3, 0.4) is 0 Å². The van der Waals surface area contributed by atoms with Crippen molar-refractivity contribution in [3.8, 4) is 0 Å². The van der Waals surface area contributed by atoms with Crippen LogP contribution in [0.5, 0.6) is 0 Å². The van der Waals surface area contributed by atoms with E-state index < -0.39 is 10.0 Å². The maximum absolute atomic E-state index is 13.2. The Bertz CT molecular complexity index is 972. The van der Waals surface area contributed by atoms with Crippen LogP contribution in [0, 0.1) is 0 Å². The fraction of sp³-hybridized carbons (Fsp3) is 0.381. The molecular formula is C21H24N2O4S. The third-order valence-corrected chi connectivity index (χ3v) is 7.11. The molecule has 2 aliphatic heterocycles. The van der Waals surface area contributed by atoms with Crippen molar-refractivity contribution < 1.29 is 17.9 Å².